The standard InChI is InChI=1S/C20H18IN3O3/c1-26-15-9-7-14(8-10-15)24-18-17(20(23-24)27-2)16(11-22-19(18)25)12-3-5-13(21)6-4-12/h3-10,16H,11H2,1-2H3,(H,22,25). The number of rotatable bonds is 4. The highest BCUT2D eigenvalue weighted by atomic mass is 127. The Morgan fingerprint density at radius 2 is 1.78 bits per heavy atom. The van der Waals surface area contributed by atoms with Crippen LogP contribution in [0, 0.1) is 3.57 Å². The van der Waals surface area contributed by atoms with E-state index in [0.29, 0.717) is 18.1 Å². The van der Waals surface area contributed by atoms with Crippen molar-refractivity contribution < 1.29 is 14.3 Å². The minimum absolute atomic E-state index is 0.0170. The van der Waals surface area contributed by atoms with Gasteiger partial charge in [-0.05, 0) is 64.6 Å². The third-order valence-corrected chi connectivity index (χ3v) is 5.42. The summed E-state index contributed by atoms with van der Waals surface area (Å²) in [4.78, 5) is 12.7. The van der Waals surface area contributed by atoms with Gasteiger partial charge in [0.2, 0.25) is 5.88 Å². The lowest BCUT2D eigenvalue weighted by molar-refractivity contribution is 0.0934. The second-order valence-electron chi connectivity index (χ2n) is 6.20. The maximum atomic E-state index is 12.7. The summed E-state index contributed by atoms with van der Waals surface area (Å²) < 4.78 is 13.6. The Labute approximate surface area is 170 Å². The molecule has 0 saturated carbocycles. The fourth-order valence-corrected chi connectivity index (χ4v) is 3.72. The van der Waals surface area contributed by atoms with Crippen LogP contribution in [0.5, 0.6) is 11.6 Å². The lowest BCUT2D eigenvalue weighted by Crippen LogP contribution is -2.36. The van der Waals surface area contributed by atoms with Gasteiger partial charge < -0.3 is 14.8 Å². The first-order valence-corrected chi connectivity index (χ1v) is 9.55. The number of nitrogens with zero attached hydrogens (tertiary/aromatic N) is 2. The number of amides is 1. The topological polar surface area (TPSA) is 65.4 Å². The average molecular weight is 475 g/mol. The number of halogens is 1. The number of methoxy groups -OCH3 is 2. The molecule has 0 bridgehead atoms. The van der Waals surface area contributed by atoms with E-state index >= 15 is 0 Å². The van der Waals surface area contributed by atoms with Gasteiger partial charge in [-0.3, -0.25) is 4.79 Å². The zero-order valence-corrected chi connectivity index (χ0v) is 17.1. The molecule has 0 fully saturated rings. The van der Waals surface area contributed by atoms with Crippen molar-refractivity contribution in [1.29, 1.82) is 0 Å². The fourth-order valence-electron chi connectivity index (χ4n) is 3.36. The van der Waals surface area contributed by atoms with Crippen molar-refractivity contribution in [3.63, 3.8) is 0 Å². The van der Waals surface area contributed by atoms with Gasteiger partial charge in [0.1, 0.15) is 11.4 Å². The van der Waals surface area contributed by atoms with Crippen LogP contribution in [-0.4, -0.2) is 36.5 Å². The summed E-state index contributed by atoms with van der Waals surface area (Å²) in [7, 11) is 3.20. The molecule has 2 aromatic carbocycles. The van der Waals surface area contributed by atoms with Crippen LogP contribution in [0.2, 0.25) is 0 Å². The molecule has 2 heterocycles. The molecule has 0 radical (unpaired) electrons. The number of nitrogens with one attached hydrogen (secondary N) is 1. The Morgan fingerprint density at radius 3 is 2.41 bits per heavy atom. The quantitative estimate of drug-likeness (QED) is 0.588. The molecule has 4 rings (SSSR count). The second kappa shape index (κ2) is 7.22. The van der Waals surface area contributed by atoms with Crippen molar-refractivity contribution in [3.05, 3.63) is 68.9 Å². The normalized spacial score (nSPS) is 15.8. The van der Waals surface area contributed by atoms with Crippen LogP contribution >= 0.6 is 22.6 Å². The highest BCUT2D eigenvalue weighted by molar-refractivity contribution is 14.1. The van der Waals surface area contributed by atoms with Crippen LogP contribution in [0.3, 0.4) is 0 Å². The lowest BCUT2D eigenvalue weighted by Gasteiger charge is -2.24. The summed E-state index contributed by atoms with van der Waals surface area (Å²) in [6.07, 6.45) is 0. The van der Waals surface area contributed by atoms with Crippen molar-refractivity contribution in [2.24, 2.45) is 0 Å². The van der Waals surface area contributed by atoms with Crippen LogP contribution in [0.15, 0.2) is 48.5 Å². The minimum atomic E-state index is -0.154. The van der Waals surface area contributed by atoms with Gasteiger partial charge in [-0.25, -0.2) is 4.68 Å². The molecule has 3 aromatic rings. The van der Waals surface area contributed by atoms with Crippen molar-refractivity contribution in [2.45, 2.75) is 5.92 Å². The van der Waals surface area contributed by atoms with E-state index in [1.807, 2.05) is 24.3 Å². The van der Waals surface area contributed by atoms with Crippen LogP contribution in [0.1, 0.15) is 27.5 Å². The molecule has 1 amide bonds. The minimum Gasteiger partial charge on any atom is -0.497 e. The second-order valence-corrected chi connectivity index (χ2v) is 7.44. The summed E-state index contributed by atoms with van der Waals surface area (Å²) in [5.41, 5.74) is 3.21. The van der Waals surface area contributed by atoms with E-state index in [1.165, 1.54) is 0 Å². The molecule has 0 spiro atoms. The van der Waals surface area contributed by atoms with E-state index in [9.17, 15) is 4.79 Å². The summed E-state index contributed by atoms with van der Waals surface area (Å²) in [5, 5.41) is 7.56. The first-order valence-electron chi connectivity index (χ1n) is 8.47. The SMILES string of the molecule is COc1ccc(-n2nc(OC)c3c2C(=O)NCC3c2ccc(I)cc2)cc1. The number of fused-ring (bicyclic) bond motifs is 1. The van der Waals surface area contributed by atoms with Gasteiger partial charge in [-0.2, -0.15) is 0 Å². The van der Waals surface area contributed by atoms with Gasteiger partial charge in [0.15, 0.2) is 0 Å². The molecule has 27 heavy (non-hydrogen) atoms. The Hall–Kier alpha value is -2.55. The average Bonchev–Trinajstić information content (AvgIpc) is 3.10. The molecular formula is C20H18IN3O3. The van der Waals surface area contributed by atoms with Crippen molar-refractivity contribution in [1.82, 2.24) is 15.1 Å². The summed E-state index contributed by atoms with van der Waals surface area (Å²) >= 11 is 2.28. The van der Waals surface area contributed by atoms with E-state index in [2.05, 4.69) is 57.3 Å². The third-order valence-electron chi connectivity index (χ3n) is 4.70. The number of ether oxygens (including phenoxy) is 2. The predicted octanol–water partition coefficient (Wildman–Crippen LogP) is 3.37. The molecule has 138 valence electrons. The fraction of sp³-hybridized carbons (Fsp3) is 0.200. The van der Waals surface area contributed by atoms with E-state index in [4.69, 9.17) is 9.47 Å². The number of carbonyl (C=O) groups excluding carboxylic acids is 1. The Bertz CT molecular complexity index is 981. The van der Waals surface area contributed by atoms with E-state index in [0.717, 1.165) is 26.1 Å². The van der Waals surface area contributed by atoms with Crippen LogP contribution in [0.25, 0.3) is 5.69 Å². The molecule has 0 saturated heterocycles. The van der Waals surface area contributed by atoms with E-state index in [-0.39, 0.29) is 11.8 Å². The van der Waals surface area contributed by atoms with Gasteiger partial charge in [-0.1, -0.05) is 12.1 Å². The van der Waals surface area contributed by atoms with Gasteiger partial charge in [0.25, 0.3) is 5.91 Å². The molecule has 7 heteroatoms. The third kappa shape index (κ3) is 3.16. The maximum Gasteiger partial charge on any atom is 0.270 e. The molecule has 1 aromatic heterocycles. The Morgan fingerprint density at radius 1 is 1.07 bits per heavy atom. The zero-order chi connectivity index (χ0) is 19.0. The summed E-state index contributed by atoms with van der Waals surface area (Å²) in [5.74, 6) is 1.04. The Kier molecular flexibility index (Phi) is 4.77. The predicted molar refractivity (Wildman–Crippen MR) is 110 cm³/mol. The number of hydrogen-bond acceptors (Lipinski definition) is 4. The first-order chi connectivity index (χ1) is 13.1. The first kappa shape index (κ1) is 17.8. The Balaban J connectivity index is 1.87. The molecule has 1 atom stereocenters. The number of benzene rings is 2. The van der Waals surface area contributed by atoms with Crippen LogP contribution < -0.4 is 14.8 Å². The highest BCUT2D eigenvalue weighted by Gasteiger charge is 2.35. The highest BCUT2D eigenvalue weighted by Crippen LogP contribution is 2.37. The number of carbonyl (C=O) groups is 1. The molecule has 1 N–H and O–H groups in total. The van der Waals surface area contributed by atoms with E-state index < -0.39 is 0 Å². The van der Waals surface area contributed by atoms with Crippen molar-refractivity contribution >= 4 is 28.5 Å². The molecule has 1 aliphatic rings. The molecule has 1 unspecified atom stereocenters. The van der Waals surface area contributed by atoms with Gasteiger partial charge in [-0.15, -0.1) is 5.10 Å². The molecular weight excluding hydrogens is 457 g/mol. The smallest absolute Gasteiger partial charge is 0.270 e. The van der Waals surface area contributed by atoms with Crippen molar-refractivity contribution in [2.75, 3.05) is 20.8 Å². The number of aromatic nitrogens is 2. The summed E-state index contributed by atoms with van der Waals surface area (Å²) in [6, 6.07) is 15.7. The van der Waals surface area contributed by atoms with Gasteiger partial charge >= 0.3 is 0 Å². The lowest BCUT2D eigenvalue weighted by atomic mass is 9.88. The molecule has 0 aliphatic carbocycles. The maximum absolute atomic E-state index is 12.7. The van der Waals surface area contributed by atoms with Crippen LogP contribution in [0.4, 0.5) is 0 Å². The van der Waals surface area contributed by atoms with Crippen LogP contribution in [-0.2, 0) is 0 Å². The molecule has 6 nitrogen and oxygen atoms in total. The van der Waals surface area contributed by atoms with E-state index in [1.54, 1.807) is 18.9 Å². The molecule has 1 aliphatic heterocycles. The van der Waals surface area contributed by atoms with Gasteiger partial charge in [0, 0.05) is 16.0 Å². The van der Waals surface area contributed by atoms with Crippen molar-refractivity contribution in [3.8, 4) is 17.3 Å². The van der Waals surface area contributed by atoms with Gasteiger partial charge in [0.05, 0.1) is 25.5 Å². The zero-order valence-electron chi connectivity index (χ0n) is 14.9. The monoisotopic (exact) mass is 475 g/mol. The number of hydrogen-bond donors (Lipinski definition) is 1. The largest absolute Gasteiger partial charge is 0.497 e. The summed E-state index contributed by atoms with van der Waals surface area (Å²) in [6.45, 7) is 0.511.